The first-order chi connectivity index (χ1) is 7.24. The van der Waals surface area contributed by atoms with Crippen molar-refractivity contribution in [3.05, 3.63) is 30.1 Å². The minimum absolute atomic E-state index is 0.216. The highest BCUT2D eigenvalue weighted by molar-refractivity contribution is 5.45. The molecule has 0 aliphatic heterocycles. The van der Waals surface area contributed by atoms with Crippen molar-refractivity contribution in [2.45, 2.75) is 0 Å². The molecule has 0 amide bonds. The molecular weight excluding hydrogens is 195 g/mol. The molecule has 0 radical (unpaired) electrons. The highest BCUT2D eigenvalue weighted by Crippen LogP contribution is 2.12. The monoisotopic (exact) mass is 212 g/mol. The molecule has 0 aromatic heterocycles. The quantitative estimate of drug-likeness (QED) is 0.721. The Hall–Kier alpha value is -1.13. The van der Waals surface area contributed by atoms with Crippen LogP contribution in [0, 0.1) is 5.82 Å². The predicted octanol–water partition coefficient (Wildman–Crippen LogP) is 1.24. The Morgan fingerprint density at radius 3 is 2.53 bits per heavy atom. The van der Waals surface area contributed by atoms with Gasteiger partial charge in [0, 0.05) is 25.8 Å². The SMILES string of the molecule is CN(CCOCCN)c1ccc(F)cc1. The molecule has 0 aliphatic rings. The van der Waals surface area contributed by atoms with E-state index in [1.165, 1.54) is 12.1 Å². The zero-order chi connectivity index (χ0) is 11.1. The van der Waals surface area contributed by atoms with Crippen molar-refractivity contribution in [2.24, 2.45) is 5.73 Å². The minimum atomic E-state index is -0.216. The zero-order valence-corrected chi connectivity index (χ0v) is 8.95. The van der Waals surface area contributed by atoms with Gasteiger partial charge in [-0.2, -0.15) is 0 Å². The summed E-state index contributed by atoms with van der Waals surface area (Å²) in [5.74, 6) is -0.216. The molecule has 0 bridgehead atoms. The van der Waals surface area contributed by atoms with Crippen LogP contribution in [0.15, 0.2) is 24.3 Å². The summed E-state index contributed by atoms with van der Waals surface area (Å²) in [6.07, 6.45) is 0. The molecule has 0 unspecified atom stereocenters. The Kier molecular flexibility index (Phi) is 5.07. The van der Waals surface area contributed by atoms with Gasteiger partial charge in [-0.1, -0.05) is 0 Å². The summed E-state index contributed by atoms with van der Waals surface area (Å²) in [5.41, 5.74) is 6.27. The molecule has 1 aromatic carbocycles. The molecule has 84 valence electrons. The Morgan fingerprint density at radius 1 is 1.27 bits per heavy atom. The maximum Gasteiger partial charge on any atom is 0.123 e. The number of nitrogens with two attached hydrogens (primary N) is 1. The van der Waals surface area contributed by atoms with Gasteiger partial charge in [0.2, 0.25) is 0 Å². The molecular formula is C11H17FN2O. The summed E-state index contributed by atoms with van der Waals surface area (Å²) in [7, 11) is 1.94. The summed E-state index contributed by atoms with van der Waals surface area (Å²) in [6, 6.07) is 6.40. The van der Waals surface area contributed by atoms with Crippen LogP contribution >= 0.6 is 0 Å². The van der Waals surface area contributed by atoms with Gasteiger partial charge in [0.15, 0.2) is 0 Å². The van der Waals surface area contributed by atoms with Crippen LogP contribution in [0.5, 0.6) is 0 Å². The number of anilines is 1. The molecule has 4 heteroatoms. The Labute approximate surface area is 89.6 Å². The van der Waals surface area contributed by atoms with E-state index in [0.717, 1.165) is 12.2 Å². The Bertz CT molecular complexity index is 276. The van der Waals surface area contributed by atoms with Crippen molar-refractivity contribution in [3.8, 4) is 0 Å². The average Bonchev–Trinajstić information content (AvgIpc) is 2.25. The van der Waals surface area contributed by atoms with Crippen molar-refractivity contribution in [1.82, 2.24) is 0 Å². The van der Waals surface area contributed by atoms with Crippen LogP contribution < -0.4 is 10.6 Å². The van der Waals surface area contributed by atoms with Crippen LogP contribution in [-0.4, -0.2) is 33.4 Å². The number of benzene rings is 1. The lowest BCUT2D eigenvalue weighted by atomic mass is 10.3. The topological polar surface area (TPSA) is 38.5 Å². The summed E-state index contributed by atoms with van der Waals surface area (Å²) >= 11 is 0. The molecule has 0 atom stereocenters. The fraction of sp³-hybridized carbons (Fsp3) is 0.455. The predicted molar refractivity (Wildman–Crippen MR) is 59.5 cm³/mol. The third-order valence-corrected chi connectivity index (χ3v) is 2.10. The second-order valence-corrected chi connectivity index (χ2v) is 3.30. The van der Waals surface area contributed by atoms with E-state index in [0.29, 0.717) is 19.8 Å². The second kappa shape index (κ2) is 6.37. The van der Waals surface area contributed by atoms with Gasteiger partial charge in [0.1, 0.15) is 5.82 Å². The lowest BCUT2D eigenvalue weighted by Gasteiger charge is -2.18. The average molecular weight is 212 g/mol. The van der Waals surface area contributed by atoms with E-state index in [9.17, 15) is 4.39 Å². The fourth-order valence-electron chi connectivity index (χ4n) is 1.21. The molecule has 0 spiro atoms. The third-order valence-electron chi connectivity index (χ3n) is 2.10. The number of likely N-dealkylation sites (N-methyl/N-ethyl adjacent to an activating group) is 1. The van der Waals surface area contributed by atoms with Gasteiger partial charge in [0.05, 0.1) is 13.2 Å². The molecule has 1 rings (SSSR count). The second-order valence-electron chi connectivity index (χ2n) is 3.30. The lowest BCUT2D eigenvalue weighted by molar-refractivity contribution is 0.148. The lowest BCUT2D eigenvalue weighted by Crippen LogP contribution is -2.23. The highest BCUT2D eigenvalue weighted by atomic mass is 19.1. The smallest absolute Gasteiger partial charge is 0.123 e. The first kappa shape index (κ1) is 11.9. The van der Waals surface area contributed by atoms with E-state index in [2.05, 4.69) is 0 Å². The summed E-state index contributed by atoms with van der Waals surface area (Å²) in [6.45, 7) is 2.52. The summed E-state index contributed by atoms with van der Waals surface area (Å²) in [4.78, 5) is 2.01. The molecule has 0 aliphatic carbocycles. The van der Waals surface area contributed by atoms with E-state index >= 15 is 0 Å². The number of ether oxygens (including phenoxy) is 1. The fourth-order valence-corrected chi connectivity index (χ4v) is 1.21. The summed E-state index contributed by atoms with van der Waals surface area (Å²) < 4.78 is 17.9. The maximum absolute atomic E-state index is 12.6. The van der Waals surface area contributed by atoms with Crippen molar-refractivity contribution in [2.75, 3.05) is 38.3 Å². The number of nitrogens with zero attached hydrogens (tertiary/aromatic N) is 1. The molecule has 0 fully saturated rings. The first-order valence-corrected chi connectivity index (χ1v) is 4.98. The van der Waals surface area contributed by atoms with E-state index in [4.69, 9.17) is 10.5 Å². The molecule has 1 aromatic rings. The van der Waals surface area contributed by atoms with Crippen molar-refractivity contribution < 1.29 is 9.13 Å². The zero-order valence-electron chi connectivity index (χ0n) is 8.95. The first-order valence-electron chi connectivity index (χ1n) is 4.98. The van der Waals surface area contributed by atoms with E-state index in [1.54, 1.807) is 12.1 Å². The van der Waals surface area contributed by atoms with Gasteiger partial charge < -0.3 is 15.4 Å². The van der Waals surface area contributed by atoms with Gasteiger partial charge in [-0.25, -0.2) is 4.39 Å². The van der Waals surface area contributed by atoms with E-state index in [1.807, 2.05) is 11.9 Å². The summed E-state index contributed by atoms with van der Waals surface area (Å²) in [5, 5.41) is 0. The van der Waals surface area contributed by atoms with Gasteiger partial charge >= 0.3 is 0 Å². The van der Waals surface area contributed by atoms with Crippen molar-refractivity contribution in [1.29, 1.82) is 0 Å². The molecule has 2 N–H and O–H groups in total. The maximum atomic E-state index is 12.6. The van der Waals surface area contributed by atoms with Crippen LogP contribution in [0.25, 0.3) is 0 Å². The van der Waals surface area contributed by atoms with E-state index in [-0.39, 0.29) is 5.82 Å². The highest BCUT2D eigenvalue weighted by Gasteiger charge is 2.00. The Morgan fingerprint density at radius 2 is 1.93 bits per heavy atom. The number of halogens is 1. The van der Waals surface area contributed by atoms with Gasteiger partial charge in [0.25, 0.3) is 0 Å². The van der Waals surface area contributed by atoms with Crippen LogP contribution in [0.2, 0.25) is 0 Å². The van der Waals surface area contributed by atoms with Crippen LogP contribution in [0.1, 0.15) is 0 Å². The van der Waals surface area contributed by atoms with Crippen molar-refractivity contribution in [3.63, 3.8) is 0 Å². The van der Waals surface area contributed by atoms with Crippen molar-refractivity contribution >= 4 is 5.69 Å². The largest absolute Gasteiger partial charge is 0.378 e. The normalized spacial score (nSPS) is 10.3. The number of hydrogen-bond acceptors (Lipinski definition) is 3. The van der Waals surface area contributed by atoms with Gasteiger partial charge in [-0.15, -0.1) is 0 Å². The molecule has 0 saturated heterocycles. The van der Waals surface area contributed by atoms with Crippen LogP contribution in [0.4, 0.5) is 10.1 Å². The van der Waals surface area contributed by atoms with E-state index < -0.39 is 0 Å². The van der Waals surface area contributed by atoms with Crippen LogP contribution in [-0.2, 0) is 4.74 Å². The molecule has 3 nitrogen and oxygen atoms in total. The molecule has 0 heterocycles. The Balaban J connectivity index is 2.33. The van der Waals surface area contributed by atoms with Gasteiger partial charge in [-0.3, -0.25) is 0 Å². The minimum Gasteiger partial charge on any atom is -0.378 e. The van der Waals surface area contributed by atoms with Gasteiger partial charge in [-0.05, 0) is 24.3 Å². The standard InChI is InChI=1S/C11H17FN2O/c1-14(7-9-15-8-6-13)11-4-2-10(12)3-5-11/h2-5H,6-9,13H2,1H3. The third kappa shape index (κ3) is 4.27. The van der Waals surface area contributed by atoms with Crippen LogP contribution in [0.3, 0.4) is 0 Å². The number of rotatable bonds is 6. The molecule has 15 heavy (non-hydrogen) atoms. The number of hydrogen-bond donors (Lipinski definition) is 1. The molecule has 0 saturated carbocycles.